The lowest BCUT2D eigenvalue weighted by Crippen LogP contribution is -2.55. The first-order chi connectivity index (χ1) is 13.8. The van der Waals surface area contributed by atoms with Gasteiger partial charge in [0, 0.05) is 17.6 Å². The summed E-state index contributed by atoms with van der Waals surface area (Å²) >= 11 is 5.99. The number of carbonyl (C=O) groups excluding carboxylic acids is 3. The third kappa shape index (κ3) is 5.70. The van der Waals surface area contributed by atoms with E-state index in [2.05, 4.69) is 5.32 Å². The molecule has 8 heteroatoms. The van der Waals surface area contributed by atoms with Gasteiger partial charge in [0.2, 0.25) is 17.7 Å². The van der Waals surface area contributed by atoms with Gasteiger partial charge in [-0.25, -0.2) is 5.48 Å². The number of hydroxylamine groups is 1. The van der Waals surface area contributed by atoms with Crippen LogP contribution < -0.4 is 10.8 Å². The lowest BCUT2D eigenvalue weighted by Gasteiger charge is -2.38. The quantitative estimate of drug-likeness (QED) is 0.464. The molecule has 1 fully saturated rings. The van der Waals surface area contributed by atoms with E-state index in [0.717, 1.165) is 12.8 Å². The molecule has 1 aromatic carbocycles. The molecule has 1 aliphatic heterocycles. The van der Waals surface area contributed by atoms with E-state index in [1.54, 1.807) is 41.6 Å². The summed E-state index contributed by atoms with van der Waals surface area (Å²) in [5, 5.41) is 12.6. The van der Waals surface area contributed by atoms with E-state index in [-0.39, 0.29) is 17.9 Å². The molecule has 0 bridgehead atoms. The minimum Gasteiger partial charge on any atom is -0.352 e. The zero-order valence-electron chi connectivity index (χ0n) is 17.2. The molecule has 7 nitrogen and oxygen atoms in total. The summed E-state index contributed by atoms with van der Waals surface area (Å²) in [4.78, 5) is 40.3. The van der Waals surface area contributed by atoms with Gasteiger partial charge in [-0.05, 0) is 57.2 Å². The molecule has 0 aromatic heterocycles. The molecule has 160 valence electrons. The maximum atomic E-state index is 13.7. The maximum absolute atomic E-state index is 13.7. The fraction of sp³-hybridized carbons (Fsp3) is 0.571. The van der Waals surface area contributed by atoms with E-state index in [0.29, 0.717) is 30.0 Å². The van der Waals surface area contributed by atoms with Crippen molar-refractivity contribution in [2.75, 3.05) is 6.54 Å². The number of nitrogens with one attached hydrogen (secondary N) is 2. The van der Waals surface area contributed by atoms with Crippen LogP contribution in [0.1, 0.15) is 57.9 Å². The zero-order chi connectivity index (χ0) is 21.6. The fourth-order valence-electron chi connectivity index (χ4n) is 3.90. The number of nitrogens with zero attached hydrogens (tertiary/aromatic N) is 1. The van der Waals surface area contributed by atoms with Crippen LogP contribution in [-0.2, 0) is 14.4 Å². The Balaban J connectivity index is 2.42. The average molecular weight is 424 g/mol. The number of amides is 3. The Kier molecular flexibility index (Phi) is 8.46. The predicted octanol–water partition coefficient (Wildman–Crippen LogP) is 2.86. The highest BCUT2D eigenvalue weighted by Crippen LogP contribution is 2.33. The summed E-state index contributed by atoms with van der Waals surface area (Å²) in [5.41, 5.74) is 2.31. The van der Waals surface area contributed by atoms with Gasteiger partial charge in [-0.3, -0.25) is 19.6 Å². The number of benzene rings is 1. The number of carbonyl (C=O) groups is 3. The molecule has 29 heavy (non-hydrogen) atoms. The van der Waals surface area contributed by atoms with Gasteiger partial charge in [0.1, 0.15) is 6.04 Å². The van der Waals surface area contributed by atoms with Crippen LogP contribution in [-0.4, -0.2) is 46.5 Å². The minimum absolute atomic E-state index is 0.0306. The Morgan fingerprint density at radius 3 is 2.41 bits per heavy atom. The second-order valence-corrected chi connectivity index (χ2v) is 8.16. The first kappa shape index (κ1) is 23.2. The second-order valence-electron chi connectivity index (χ2n) is 7.73. The minimum atomic E-state index is -0.822. The third-order valence-corrected chi connectivity index (χ3v) is 5.56. The van der Waals surface area contributed by atoms with Gasteiger partial charge in [-0.15, -0.1) is 0 Å². The van der Waals surface area contributed by atoms with E-state index >= 15 is 0 Å². The molecule has 3 N–H and O–H groups in total. The average Bonchev–Trinajstić information content (AvgIpc) is 2.71. The van der Waals surface area contributed by atoms with Crippen molar-refractivity contribution in [3.63, 3.8) is 0 Å². The van der Waals surface area contributed by atoms with Gasteiger partial charge in [0.05, 0.1) is 11.8 Å². The molecule has 1 aromatic rings. The molecule has 0 unspecified atom stereocenters. The van der Waals surface area contributed by atoms with Crippen LogP contribution in [0.4, 0.5) is 0 Å². The molecule has 3 amide bonds. The Labute approximate surface area is 176 Å². The molecule has 2 rings (SSSR count). The van der Waals surface area contributed by atoms with Crippen LogP contribution in [0.15, 0.2) is 24.3 Å². The molecule has 3 atom stereocenters. The molecule has 1 aliphatic rings. The molecule has 0 saturated carbocycles. The van der Waals surface area contributed by atoms with Crippen molar-refractivity contribution in [2.24, 2.45) is 5.92 Å². The summed E-state index contributed by atoms with van der Waals surface area (Å²) in [7, 11) is 0. The van der Waals surface area contributed by atoms with Crippen LogP contribution in [0.3, 0.4) is 0 Å². The van der Waals surface area contributed by atoms with E-state index in [1.165, 1.54) is 0 Å². The first-order valence-electron chi connectivity index (χ1n) is 10.1. The Morgan fingerprint density at radius 1 is 1.21 bits per heavy atom. The van der Waals surface area contributed by atoms with Crippen molar-refractivity contribution < 1.29 is 19.6 Å². The molecule has 0 radical (unpaired) electrons. The lowest BCUT2D eigenvalue weighted by molar-refractivity contribution is -0.147. The number of rotatable bonds is 7. The number of likely N-dealkylation sites (tertiary alicyclic amines) is 1. The highest BCUT2D eigenvalue weighted by molar-refractivity contribution is 6.30. The number of piperidine rings is 1. The molecule has 0 spiro atoms. The van der Waals surface area contributed by atoms with Gasteiger partial charge in [0.25, 0.3) is 0 Å². The van der Waals surface area contributed by atoms with Crippen molar-refractivity contribution >= 4 is 29.3 Å². The highest BCUT2D eigenvalue weighted by atomic mass is 35.5. The van der Waals surface area contributed by atoms with Crippen molar-refractivity contribution in [1.82, 2.24) is 15.7 Å². The zero-order valence-corrected chi connectivity index (χ0v) is 17.9. The van der Waals surface area contributed by atoms with E-state index in [4.69, 9.17) is 11.6 Å². The SMILES string of the molecule is CC[C@H](C(=O)NO)[C@H](C(=O)N1CCCC[C@H]1C(=O)NC(C)C)c1ccc(Cl)cc1. The summed E-state index contributed by atoms with van der Waals surface area (Å²) in [5.74, 6) is -2.68. The smallest absolute Gasteiger partial charge is 0.247 e. The summed E-state index contributed by atoms with van der Waals surface area (Å²) < 4.78 is 0. The monoisotopic (exact) mass is 423 g/mol. The summed E-state index contributed by atoms with van der Waals surface area (Å²) in [6.07, 6.45) is 2.59. The van der Waals surface area contributed by atoms with Crippen molar-refractivity contribution in [3.8, 4) is 0 Å². The lowest BCUT2D eigenvalue weighted by atomic mass is 9.81. The van der Waals surface area contributed by atoms with Gasteiger partial charge < -0.3 is 10.2 Å². The van der Waals surface area contributed by atoms with Crippen molar-refractivity contribution in [3.05, 3.63) is 34.9 Å². The van der Waals surface area contributed by atoms with Gasteiger partial charge >= 0.3 is 0 Å². The van der Waals surface area contributed by atoms with Gasteiger partial charge in [-0.1, -0.05) is 30.7 Å². The fourth-order valence-corrected chi connectivity index (χ4v) is 4.03. The maximum Gasteiger partial charge on any atom is 0.247 e. The van der Waals surface area contributed by atoms with E-state index in [9.17, 15) is 19.6 Å². The van der Waals surface area contributed by atoms with Crippen LogP contribution >= 0.6 is 11.6 Å². The van der Waals surface area contributed by atoms with Crippen LogP contribution in [0.5, 0.6) is 0 Å². The highest BCUT2D eigenvalue weighted by Gasteiger charge is 2.41. The second kappa shape index (κ2) is 10.6. The van der Waals surface area contributed by atoms with Crippen LogP contribution in [0, 0.1) is 5.92 Å². The Bertz CT molecular complexity index is 723. The molecule has 0 aliphatic carbocycles. The van der Waals surface area contributed by atoms with Crippen LogP contribution in [0.2, 0.25) is 5.02 Å². The van der Waals surface area contributed by atoms with Crippen molar-refractivity contribution in [1.29, 1.82) is 0 Å². The Hall–Kier alpha value is -2.12. The summed E-state index contributed by atoms with van der Waals surface area (Å²) in [6.45, 7) is 6.00. The van der Waals surface area contributed by atoms with E-state index in [1.807, 2.05) is 13.8 Å². The molecular weight excluding hydrogens is 394 g/mol. The predicted molar refractivity (Wildman–Crippen MR) is 111 cm³/mol. The molecule has 1 saturated heterocycles. The normalized spacial score (nSPS) is 18.8. The van der Waals surface area contributed by atoms with Gasteiger partial charge in [-0.2, -0.15) is 0 Å². The van der Waals surface area contributed by atoms with E-state index < -0.39 is 23.8 Å². The number of halogens is 1. The number of hydrogen-bond acceptors (Lipinski definition) is 4. The molecule has 1 heterocycles. The first-order valence-corrected chi connectivity index (χ1v) is 10.5. The van der Waals surface area contributed by atoms with Gasteiger partial charge in [0.15, 0.2) is 0 Å². The standard InChI is InChI=1S/C21H30ClN3O4/c1-4-16(19(26)24-29)18(14-8-10-15(22)11-9-14)21(28)25-12-6-5-7-17(25)20(27)23-13(2)3/h8-11,13,16-18,29H,4-7,12H2,1-3H3,(H,23,27)(H,24,26)/t16-,17-,18+/m0/s1. The third-order valence-electron chi connectivity index (χ3n) is 5.30. The number of hydrogen-bond donors (Lipinski definition) is 3. The Morgan fingerprint density at radius 2 is 1.86 bits per heavy atom. The molecular formula is C21H30ClN3O4. The van der Waals surface area contributed by atoms with Crippen molar-refractivity contribution in [2.45, 2.75) is 64.5 Å². The largest absolute Gasteiger partial charge is 0.352 e. The van der Waals surface area contributed by atoms with Crippen LogP contribution in [0.25, 0.3) is 0 Å². The topological polar surface area (TPSA) is 98.7 Å². The summed E-state index contributed by atoms with van der Waals surface area (Å²) in [6, 6.07) is 6.16.